The number of nitro groups is 2. The van der Waals surface area contributed by atoms with E-state index in [-0.39, 0.29) is 5.56 Å². The monoisotopic (exact) mass is 294 g/mol. The molecule has 1 aromatic rings. The van der Waals surface area contributed by atoms with Crippen LogP contribution in [0.5, 0.6) is 0 Å². The van der Waals surface area contributed by atoms with Gasteiger partial charge in [0, 0.05) is 18.3 Å². The molecule has 0 saturated carbocycles. The highest BCUT2D eigenvalue weighted by molar-refractivity contribution is 5.95. The van der Waals surface area contributed by atoms with Gasteiger partial charge in [0.05, 0.1) is 21.5 Å². The molecule has 0 aromatic heterocycles. The minimum Gasteiger partial charge on any atom is -0.267 e. The third-order valence-corrected chi connectivity index (χ3v) is 2.53. The number of nitro benzene ring substituents is 2. The zero-order chi connectivity index (χ0) is 15.8. The van der Waals surface area contributed by atoms with Crippen molar-refractivity contribution in [3.8, 4) is 0 Å². The molecular formula is C12H14N4O5. The summed E-state index contributed by atoms with van der Waals surface area (Å²) in [5.74, 6) is -0.741. The van der Waals surface area contributed by atoms with Gasteiger partial charge in [-0.25, -0.2) is 5.43 Å². The van der Waals surface area contributed by atoms with Crippen LogP contribution >= 0.6 is 0 Å². The second kappa shape index (κ2) is 7.68. The standard InChI is InChI=1S/C12H14N4O5/c1-2-3-4-5-13-14-12(17)9-6-10(15(18)19)8-11(7-9)16(20)21/h5-8H,2-4H2,1H3,(H,14,17)/b13-5-. The van der Waals surface area contributed by atoms with E-state index in [0.717, 1.165) is 31.0 Å². The van der Waals surface area contributed by atoms with Gasteiger partial charge in [-0.1, -0.05) is 13.3 Å². The van der Waals surface area contributed by atoms with Crippen LogP contribution in [-0.4, -0.2) is 22.0 Å². The van der Waals surface area contributed by atoms with E-state index in [1.807, 2.05) is 6.92 Å². The Morgan fingerprint density at radius 1 is 1.24 bits per heavy atom. The van der Waals surface area contributed by atoms with Gasteiger partial charge in [0.15, 0.2) is 0 Å². The number of hydrogen-bond donors (Lipinski definition) is 1. The summed E-state index contributed by atoms with van der Waals surface area (Å²) in [5, 5.41) is 25.1. The largest absolute Gasteiger partial charge is 0.277 e. The summed E-state index contributed by atoms with van der Waals surface area (Å²) in [6.07, 6.45) is 4.09. The lowest BCUT2D eigenvalue weighted by Gasteiger charge is -2.00. The molecule has 9 nitrogen and oxygen atoms in total. The Hall–Kier alpha value is -2.84. The van der Waals surface area contributed by atoms with Crippen LogP contribution in [0, 0.1) is 20.2 Å². The Bertz CT molecular complexity index is 553. The van der Waals surface area contributed by atoms with Crippen LogP contribution in [0.2, 0.25) is 0 Å². The van der Waals surface area contributed by atoms with Crippen LogP contribution in [-0.2, 0) is 0 Å². The fourth-order valence-electron chi connectivity index (χ4n) is 1.47. The minimum absolute atomic E-state index is 0.191. The van der Waals surface area contributed by atoms with Crippen LogP contribution in [0.25, 0.3) is 0 Å². The lowest BCUT2D eigenvalue weighted by Crippen LogP contribution is -2.17. The van der Waals surface area contributed by atoms with Crippen molar-refractivity contribution < 1.29 is 14.6 Å². The summed E-state index contributed by atoms with van der Waals surface area (Å²) in [4.78, 5) is 31.6. The van der Waals surface area contributed by atoms with Crippen LogP contribution < -0.4 is 5.43 Å². The highest BCUT2D eigenvalue weighted by Gasteiger charge is 2.19. The van der Waals surface area contributed by atoms with Crippen molar-refractivity contribution in [1.82, 2.24) is 5.43 Å². The number of nitrogens with one attached hydrogen (secondary N) is 1. The Kier molecular flexibility index (Phi) is 5.93. The van der Waals surface area contributed by atoms with Gasteiger partial charge in [-0.2, -0.15) is 5.10 Å². The number of benzene rings is 1. The highest BCUT2D eigenvalue weighted by Crippen LogP contribution is 2.22. The molecule has 0 unspecified atom stereocenters. The van der Waals surface area contributed by atoms with Crippen LogP contribution in [0.3, 0.4) is 0 Å². The maximum Gasteiger partial charge on any atom is 0.277 e. The Morgan fingerprint density at radius 3 is 2.29 bits per heavy atom. The first-order valence-electron chi connectivity index (χ1n) is 6.21. The van der Waals surface area contributed by atoms with Gasteiger partial charge in [0.2, 0.25) is 0 Å². The molecule has 0 aliphatic heterocycles. The van der Waals surface area contributed by atoms with Gasteiger partial charge in [-0.15, -0.1) is 0 Å². The van der Waals surface area contributed by atoms with Gasteiger partial charge in [-0.05, 0) is 12.8 Å². The van der Waals surface area contributed by atoms with Gasteiger partial charge in [0.25, 0.3) is 17.3 Å². The van der Waals surface area contributed by atoms with Gasteiger partial charge >= 0.3 is 0 Å². The molecule has 9 heteroatoms. The molecule has 112 valence electrons. The summed E-state index contributed by atoms with van der Waals surface area (Å²) in [5.41, 5.74) is 0.937. The first-order chi connectivity index (χ1) is 9.95. The van der Waals surface area contributed by atoms with E-state index in [1.165, 1.54) is 6.21 Å². The summed E-state index contributed by atoms with van der Waals surface area (Å²) in [7, 11) is 0. The van der Waals surface area contributed by atoms with E-state index in [1.54, 1.807) is 0 Å². The summed E-state index contributed by atoms with van der Waals surface area (Å²) >= 11 is 0. The number of hydrazone groups is 1. The molecular weight excluding hydrogens is 280 g/mol. The average Bonchev–Trinajstić information content (AvgIpc) is 2.46. The van der Waals surface area contributed by atoms with E-state index >= 15 is 0 Å². The zero-order valence-electron chi connectivity index (χ0n) is 11.3. The number of nitrogens with zero attached hydrogens (tertiary/aromatic N) is 3. The fourth-order valence-corrected chi connectivity index (χ4v) is 1.47. The van der Waals surface area contributed by atoms with Crippen molar-refractivity contribution in [1.29, 1.82) is 0 Å². The second-order valence-electron chi connectivity index (χ2n) is 4.15. The Labute approximate surface area is 120 Å². The van der Waals surface area contributed by atoms with E-state index < -0.39 is 27.1 Å². The van der Waals surface area contributed by atoms with Crippen molar-refractivity contribution in [2.75, 3.05) is 0 Å². The van der Waals surface area contributed by atoms with E-state index in [0.29, 0.717) is 6.42 Å². The third kappa shape index (κ3) is 4.97. The maximum atomic E-state index is 11.8. The molecule has 0 atom stereocenters. The molecule has 0 spiro atoms. The Morgan fingerprint density at radius 2 is 1.81 bits per heavy atom. The number of hydrogen-bond acceptors (Lipinski definition) is 6. The van der Waals surface area contributed by atoms with Crippen molar-refractivity contribution in [2.24, 2.45) is 5.10 Å². The van der Waals surface area contributed by atoms with Crippen LogP contribution in [0.15, 0.2) is 23.3 Å². The van der Waals surface area contributed by atoms with Gasteiger partial charge in [0.1, 0.15) is 0 Å². The molecule has 0 fully saturated rings. The van der Waals surface area contributed by atoms with Crippen LogP contribution in [0.4, 0.5) is 11.4 Å². The minimum atomic E-state index is -0.797. The molecule has 0 radical (unpaired) electrons. The molecule has 1 rings (SSSR count). The van der Waals surface area contributed by atoms with Crippen molar-refractivity contribution in [3.05, 3.63) is 44.0 Å². The average molecular weight is 294 g/mol. The number of carbonyl (C=O) groups is 1. The first kappa shape index (κ1) is 16.2. The molecule has 0 bridgehead atoms. The van der Waals surface area contributed by atoms with Crippen LogP contribution in [0.1, 0.15) is 36.5 Å². The smallest absolute Gasteiger partial charge is 0.267 e. The molecule has 1 aromatic carbocycles. The fraction of sp³-hybridized carbons (Fsp3) is 0.333. The molecule has 1 amide bonds. The summed E-state index contributed by atoms with van der Waals surface area (Å²) in [6.45, 7) is 2.01. The first-order valence-corrected chi connectivity index (χ1v) is 6.21. The highest BCUT2D eigenvalue weighted by atomic mass is 16.6. The second-order valence-corrected chi connectivity index (χ2v) is 4.15. The summed E-state index contributed by atoms with van der Waals surface area (Å²) in [6, 6.07) is 2.72. The van der Waals surface area contributed by atoms with E-state index in [9.17, 15) is 25.0 Å². The van der Waals surface area contributed by atoms with E-state index in [2.05, 4.69) is 10.5 Å². The zero-order valence-corrected chi connectivity index (χ0v) is 11.3. The molecule has 0 heterocycles. The maximum absolute atomic E-state index is 11.8. The molecule has 1 N–H and O–H groups in total. The predicted octanol–water partition coefficient (Wildman–Crippen LogP) is 2.41. The van der Waals surface area contributed by atoms with Gasteiger partial charge < -0.3 is 0 Å². The quantitative estimate of drug-likeness (QED) is 0.357. The number of non-ortho nitro benzene ring substituents is 2. The molecule has 0 saturated heterocycles. The lowest BCUT2D eigenvalue weighted by atomic mass is 10.1. The summed E-state index contributed by atoms with van der Waals surface area (Å²) < 4.78 is 0. The van der Waals surface area contributed by atoms with Crippen molar-refractivity contribution in [3.63, 3.8) is 0 Å². The van der Waals surface area contributed by atoms with Gasteiger partial charge in [-0.3, -0.25) is 25.0 Å². The SMILES string of the molecule is CCCC/C=N\NC(=O)c1cc([N+](=O)[O-])cc([N+](=O)[O-])c1. The predicted molar refractivity (Wildman–Crippen MR) is 75.2 cm³/mol. The number of unbranched alkanes of at least 4 members (excludes halogenated alkanes) is 2. The van der Waals surface area contributed by atoms with Crippen molar-refractivity contribution >= 4 is 23.5 Å². The number of amides is 1. The number of rotatable bonds is 7. The molecule has 21 heavy (non-hydrogen) atoms. The molecule has 0 aliphatic carbocycles. The topological polar surface area (TPSA) is 128 Å². The third-order valence-electron chi connectivity index (χ3n) is 2.53. The van der Waals surface area contributed by atoms with E-state index in [4.69, 9.17) is 0 Å². The number of carbonyl (C=O) groups excluding carboxylic acids is 1. The normalized spacial score (nSPS) is 10.5. The lowest BCUT2D eigenvalue weighted by molar-refractivity contribution is -0.394. The van der Waals surface area contributed by atoms with Crippen molar-refractivity contribution in [2.45, 2.75) is 26.2 Å². The Balaban J connectivity index is 2.90. The molecule has 0 aliphatic rings.